The van der Waals surface area contributed by atoms with Crippen molar-refractivity contribution < 1.29 is 24.3 Å². The summed E-state index contributed by atoms with van der Waals surface area (Å²) in [5.74, 6) is -2.34. The van der Waals surface area contributed by atoms with Crippen molar-refractivity contribution in [2.24, 2.45) is 0 Å². The van der Waals surface area contributed by atoms with Gasteiger partial charge in [-0.25, -0.2) is 9.59 Å². The van der Waals surface area contributed by atoms with Crippen LogP contribution in [-0.2, 0) is 33.0 Å². The molecule has 8 nitrogen and oxygen atoms in total. The number of hydrogen-bond acceptors (Lipinski definition) is 4. The minimum Gasteiger partial charge on any atom is -0.480 e. The summed E-state index contributed by atoms with van der Waals surface area (Å²) in [6.07, 6.45) is 0. The van der Waals surface area contributed by atoms with Gasteiger partial charge in [0.25, 0.3) is 5.91 Å². The molecule has 1 fully saturated rings. The number of urea groups is 1. The second-order valence-electron chi connectivity index (χ2n) is 9.21. The molecule has 1 aliphatic rings. The molecule has 1 saturated heterocycles. The highest BCUT2D eigenvalue weighted by atomic mass is 16.4. The Morgan fingerprint density at radius 3 is 1.92 bits per heavy atom. The van der Waals surface area contributed by atoms with E-state index >= 15 is 0 Å². The number of imide groups is 1. The number of carboxylic acids is 1. The first kappa shape index (κ1) is 25.6. The topological polar surface area (TPSA) is 98.2 Å². The summed E-state index contributed by atoms with van der Waals surface area (Å²) >= 11 is 0. The van der Waals surface area contributed by atoms with Gasteiger partial charge in [-0.15, -0.1) is 0 Å². The van der Waals surface area contributed by atoms with Crippen LogP contribution in [-0.4, -0.2) is 56.2 Å². The zero-order valence-corrected chi connectivity index (χ0v) is 20.8. The molecule has 37 heavy (non-hydrogen) atoms. The SMILES string of the molecule is CC(C(=O)O)N(Cc1ccccc1)C(=O)CN1C(=O)N(Cc2ccccc2)[C@@](C)(c2ccccc2)C1=O. The first-order valence-electron chi connectivity index (χ1n) is 12.0. The van der Waals surface area contributed by atoms with E-state index in [2.05, 4.69) is 0 Å². The number of nitrogens with zero attached hydrogens (tertiary/aromatic N) is 3. The van der Waals surface area contributed by atoms with Gasteiger partial charge in [0.15, 0.2) is 0 Å². The van der Waals surface area contributed by atoms with Gasteiger partial charge < -0.3 is 14.9 Å². The van der Waals surface area contributed by atoms with E-state index < -0.39 is 41.9 Å². The van der Waals surface area contributed by atoms with Gasteiger partial charge in [0.1, 0.15) is 18.1 Å². The van der Waals surface area contributed by atoms with Crippen LogP contribution >= 0.6 is 0 Å². The van der Waals surface area contributed by atoms with Crippen molar-refractivity contribution in [3.05, 3.63) is 108 Å². The molecule has 0 aromatic heterocycles. The molecule has 0 spiro atoms. The highest BCUT2D eigenvalue weighted by Gasteiger charge is 2.55. The number of hydrogen-bond donors (Lipinski definition) is 1. The highest BCUT2D eigenvalue weighted by Crippen LogP contribution is 2.38. The number of rotatable bonds is 9. The molecule has 190 valence electrons. The van der Waals surface area contributed by atoms with Crippen molar-refractivity contribution in [2.75, 3.05) is 6.54 Å². The van der Waals surface area contributed by atoms with Crippen molar-refractivity contribution >= 4 is 23.8 Å². The van der Waals surface area contributed by atoms with Crippen LogP contribution in [0.5, 0.6) is 0 Å². The van der Waals surface area contributed by atoms with Gasteiger partial charge in [0, 0.05) is 13.1 Å². The Balaban J connectivity index is 1.66. The van der Waals surface area contributed by atoms with E-state index in [-0.39, 0.29) is 13.1 Å². The Bertz CT molecular complexity index is 1280. The molecule has 1 N–H and O–H groups in total. The number of carbonyl (C=O) groups is 4. The summed E-state index contributed by atoms with van der Waals surface area (Å²) in [4.78, 5) is 56.3. The fourth-order valence-electron chi connectivity index (χ4n) is 4.56. The summed E-state index contributed by atoms with van der Waals surface area (Å²) in [5, 5.41) is 9.63. The smallest absolute Gasteiger partial charge is 0.328 e. The number of amides is 4. The summed E-state index contributed by atoms with van der Waals surface area (Å²) in [6.45, 7) is 2.73. The molecule has 0 radical (unpaired) electrons. The molecule has 3 aromatic carbocycles. The molecule has 0 aliphatic carbocycles. The molecule has 1 unspecified atom stereocenters. The largest absolute Gasteiger partial charge is 0.480 e. The van der Waals surface area contributed by atoms with Crippen LogP contribution in [0.15, 0.2) is 91.0 Å². The molecule has 1 heterocycles. The standard InChI is InChI=1S/C29H29N3O5/c1-21(26(34)35)30(18-22-12-6-3-7-13-22)25(33)20-31-27(36)29(2,24-16-10-5-11-17-24)32(28(31)37)19-23-14-8-4-9-15-23/h3-17,21H,18-20H2,1-2H3,(H,34,35)/t21?,29-/m0/s1. The van der Waals surface area contributed by atoms with Crippen molar-refractivity contribution in [3.63, 3.8) is 0 Å². The minimum absolute atomic E-state index is 0.0348. The maximum atomic E-state index is 13.8. The van der Waals surface area contributed by atoms with E-state index in [1.807, 2.05) is 42.5 Å². The molecular weight excluding hydrogens is 470 g/mol. The summed E-state index contributed by atoms with van der Waals surface area (Å²) in [7, 11) is 0. The van der Waals surface area contributed by atoms with Crippen molar-refractivity contribution in [3.8, 4) is 0 Å². The molecule has 1 aliphatic heterocycles. The van der Waals surface area contributed by atoms with Gasteiger partial charge in [-0.2, -0.15) is 0 Å². The number of aliphatic carboxylic acids is 1. The normalized spacial score (nSPS) is 18.1. The van der Waals surface area contributed by atoms with E-state index in [4.69, 9.17) is 0 Å². The lowest BCUT2D eigenvalue weighted by atomic mass is 9.90. The van der Waals surface area contributed by atoms with E-state index in [0.717, 1.165) is 16.0 Å². The van der Waals surface area contributed by atoms with Gasteiger partial charge in [-0.05, 0) is 30.5 Å². The summed E-state index contributed by atoms with van der Waals surface area (Å²) < 4.78 is 0. The number of carboxylic acid groups (broad SMARTS) is 1. The predicted octanol–water partition coefficient (Wildman–Crippen LogP) is 3.87. The first-order valence-corrected chi connectivity index (χ1v) is 12.0. The van der Waals surface area contributed by atoms with Crippen LogP contribution in [0.2, 0.25) is 0 Å². The molecule has 4 amide bonds. The molecular formula is C29H29N3O5. The first-order chi connectivity index (χ1) is 17.7. The van der Waals surface area contributed by atoms with Crippen LogP contribution in [0.1, 0.15) is 30.5 Å². The van der Waals surface area contributed by atoms with Gasteiger partial charge in [0.05, 0.1) is 0 Å². The van der Waals surface area contributed by atoms with Crippen LogP contribution < -0.4 is 0 Å². The molecule has 8 heteroatoms. The maximum absolute atomic E-state index is 13.8. The minimum atomic E-state index is -1.34. The monoisotopic (exact) mass is 499 g/mol. The third-order valence-corrected chi connectivity index (χ3v) is 6.82. The van der Waals surface area contributed by atoms with Gasteiger partial charge in [0.2, 0.25) is 5.91 Å². The zero-order chi connectivity index (χ0) is 26.6. The van der Waals surface area contributed by atoms with Crippen LogP contribution in [0.4, 0.5) is 4.79 Å². The van der Waals surface area contributed by atoms with Crippen molar-refractivity contribution in [1.82, 2.24) is 14.7 Å². The lowest BCUT2D eigenvalue weighted by molar-refractivity contribution is -0.151. The van der Waals surface area contributed by atoms with Crippen LogP contribution in [0, 0.1) is 0 Å². The quantitative estimate of drug-likeness (QED) is 0.451. The Morgan fingerprint density at radius 2 is 1.38 bits per heavy atom. The summed E-state index contributed by atoms with van der Waals surface area (Å²) in [6, 6.07) is 25.5. The van der Waals surface area contributed by atoms with E-state index in [0.29, 0.717) is 5.56 Å². The van der Waals surface area contributed by atoms with Crippen LogP contribution in [0.3, 0.4) is 0 Å². The molecule has 0 bridgehead atoms. The summed E-state index contributed by atoms with van der Waals surface area (Å²) in [5.41, 5.74) is 0.864. The van der Waals surface area contributed by atoms with Gasteiger partial charge >= 0.3 is 12.0 Å². The van der Waals surface area contributed by atoms with Crippen LogP contribution in [0.25, 0.3) is 0 Å². The predicted molar refractivity (Wildman–Crippen MR) is 137 cm³/mol. The lowest BCUT2D eigenvalue weighted by Crippen LogP contribution is -2.49. The van der Waals surface area contributed by atoms with E-state index in [9.17, 15) is 24.3 Å². The second-order valence-corrected chi connectivity index (χ2v) is 9.21. The van der Waals surface area contributed by atoms with E-state index in [1.165, 1.54) is 16.7 Å². The third kappa shape index (κ3) is 5.09. The Kier molecular flexibility index (Phi) is 7.38. The average molecular weight is 500 g/mol. The molecule has 2 atom stereocenters. The fourth-order valence-corrected chi connectivity index (χ4v) is 4.56. The Hall–Kier alpha value is -4.46. The molecule has 3 aromatic rings. The van der Waals surface area contributed by atoms with Crippen molar-refractivity contribution in [1.29, 1.82) is 0 Å². The molecule has 4 rings (SSSR count). The fraction of sp³-hybridized carbons (Fsp3) is 0.241. The van der Waals surface area contributed by atoms with E-state index in [1.54, 1.807) is 55.5 Å². The number of carbonyl (C=O) groups excluding carboxylic acids is 3. The second kappa shape index (κ2) is 10.7. The van der Waals surface area contributed by atoms with Gasteiger partial charge in [-0.3, -0.25) is 14.5 Å². The third-order valence-electron chi connectivity index (χ3n) is 6.82. The Labute approximate surface area is 215 Å². The average Bonchev–Trinajstić information content (AvgIpc) is 3.09. The molecule has 0 saturated carbocycles. The highest BCUT2D eigenvalue weighted by molar-refractivity contribution is 6.09. The zero-order valence-electron chi connectivity index (χ0n) is 20.8. The maximum Gasteiger partial charge on any atom is 0.328 e. The lowest BCUT2D eigenvalue weighted by Gasteiger charge is -2.32. The van der Waals surface area contributed by atoms with Gasteiger partial charge in [-0.1, -0.05) is 91.0 Å². The Morgan fingerprint density at radius 1 is 0.865 bits per heavy atom. The number of benzene rings is 3. The van der Waals surface area contributed by atoms with Crippen molar-refractivity contribution in [2.45, 2.75) is 38.5 Å².